The minimum atomic E-state index is 0.476. The lowest BCUT2D eigenvalue weighted by Crippen LogP contribution is -2.16. The summed E-state index contributed by atoms with van der Waals surface area (Å²) in [5, 5.41) is 0. The Labute approximate surface area is 126 Å². The van der Waals surface area contributed by atoms with Gasteiger partial charge < -0.3 is 10.6 Å². The van der Waals surface area contributed by atoms with E-state index < -0.39 is 0 Å². The molecule has 21 heavy (non-hydrogen) atoms. The molecular formula is C19H22N2. The van der Waals surface area contributed by atoms with Crippen LogP contribution < -0.4 is 10.6 Å². The third-order valence-corrected chi connectivity index (χ3v) is 4.09. The molecule has 0 fully saturated rings. The zero-order valence-corrected chi connectivity index (χ0v) is 12.5. The number of nitrogens with two attached hydrogens (primary N) is 1. The van der Waals surface area contributed by atoms with E-state index in [-0.39, 0.29) is 0 Å². The number of nitrogens with zero attached hydrogens (tertiary/aromatic N) is 1. The van der Waals surface area contributed by atoms with Crippen LogP contribution in [-0.4, -0.2) is 6.54 Å². The van der Waals surface area contributed by atoms with Gasteiger partial charge >= 0.3 is 0 Å². The molecule has 0 saturated carbocycles. The second-order valence-corrected chi connectivity index (χ2v) is 5.59. The lowest BCUT2D eigenvalue weighted by atomic mass is 9.96. The molecule has 2 heteroatoms. The maximum Gasteiger partial charge on any atom is 0.0447 e. The second kappa shape index (κ2) is 6.04. The molecule has 1 aliphatic heterocycles. The van der Waals surface area contributed by atoms with Gasteiger partial charge in [0.05, 0.1) is 0 Å². The highest BCUT2D eigenvalue weighted by molar-refractivity contribution is 5.71. The molecule has 0 spiro atoms. The number of allylic oxidation sites excluding steroid dienone is 2. The van der Waals surface area contributed by atoms with Gasteiger partial charge in [0.15, 0.2) is 0 Å². The monoisotopic (exact) mass is 278 g/mol. The van der Waals surface area contributed by atoms with E-state index in [1.807, 2.05) is 0 Å². The first-order valence-corrected chi connectivity index (χ1v) is 7.65. The van der Waals surface area contributed by atoms with Gasteiger partial charge in [-0.15, -0.1) is 0 Å². The molecule has 2 nitrogen and oxygen atoms in total. The average molecular weight is 278 g/mol. The van der Waals surface area contributed by atoms with E-state index in [1.165, 1.54) is 16.9 Å². The van der Waals surface area contributed by atoms with Gasteiger partial charge in [-0.25, -0.2) is 0 Å². The smallest absolute Gasteiger partial charge is 0.0447 e. The average Bonchev–Trinajstić information content (AvgIpc) is 2.87. The van der Waals surface area contributed by atoms with Crippen molar-refractivity contribution in [3.05, 3.63) is 71.9 Å². The van der Waals surface area contributed by atoms with Crippen LogP contribution in [0.1, 0.15) is 31.2 Å². The fraction of sp³-hybridized carbons (Fsp3) is 0.263. The number of hydrogen-bond donors (Lipinski definition) is 1. The zero-order valence-electron chi connectivity index (χ0n) is 12.5. The fourth-order valence-corrected chi connectivity index (χ4v) is 3.15. The molecule has 0 amide bonds. The Morgan fingerprint density at radius 2 is 1.86 bits per heavy atom. The molecule has 2 N–H and O–H groups in total. The molecule has 1 aliphatic rings. The van der Waals surface area contributed by atoms with Crippen LogP contribution in [0, 0.1) is 0 Å². The molecule has 1 heterocycles. The van der Waals surface area contributed by atoms with Gasteiger partial charge in [-0.3, -0.25) is 0 Å². The SMILES string of the molecule is CC/C=C(/N)CC1CN(c2ccccc2)c2ccccc21. The molecule has 1 atom stereocenters. The lowest BCUT2D eigenvalue weighted by molar-refractivity contribution is 0.713. The summed E-state index contributed by atoms with van der Waals surface area (Å²) in [7, 11) is 0. The summed E-state index contributed by atoms with van der Waals surface area (Å²) >= 11 is 0. The van der Waals surface area contributed by atoms with E-state index in [1.54, 1.807) is 0 Å². The molecule has 0 aromatic heterocycles. The van der Waals surface area contributed by atoms with Crippen LogP contribution in [0.4, 0.5) is 11.4 Å². The minimum Gasteiger partial charge on any atom is -0.402 e. The quantitative estimate of drug-likeness (QED) is 0.888. The third kappa shape index (κ3) is 2.80. The maximum absolute atomic E-state index is 6.15. The van der Waals surface area contributed by atoms with E-state index in [2.05, 4.69) is 72.5 Å². The Balaban J connectivity index is 1.92. The predicted octanol–water partition coefficient (Wildman–Crippen LogP) is 4.56. The van der Waals surface area contributed by atoms with Gasteiger partial charge in [0, 0.05) is 29.5 Å². The minimum absolute atomic E-state index is 0.476. The Kier molecular flexibility index (Phi) is 3.96. The maximum atomic E-state index is 6.15. The summed E-state index contributed by atoms with van der Waals surface area (Å²) in [5.41, 5.74) is 11.1. The molecule has 2 aromatic carbocycles. The van der Waals surface area contributed by atoms with E-state index in [0.29, 0.717) is 5.92 Å². The Morgan fingerprint density at radius 3 is 2.62 bits per heavy atom. The Morgan fingerprint density at radius 1 is 1.14 bits per heavy atom. The van der Waals surface area contributed by atoms with Crippen molar-refractivity contribution in [3.8, 4) is 0 Å². The standard InChI is InChI=1S/C19H22N2/c1-2-8-16(20)13-15-14-21(17-9-4-3-5-10-17)19-12-7-6-11-18(15)19/h3-12,15H,2,13-14,20H2,1H3/b16-8+. The molecule has 1 unspecified atom stereocenters. The van der Waals surface area contributed by atoms with Crippen LogP contribution in [0.5, 0.6) is 0 Å². The van der Waals surface area contributed by atoms with Gasteiger partial charge in [0.2, 0.25) is 0 Å². The summed E-state index contributed by atoms with van der Waals surface area (Å²) in [5.74, 6) is 0.476. The first-order valence-electron chi connectivity index (χ1n) is 7.65. The van der Waals surface area contributed by atoms with Crippen LogP contribution >= 0.6 is 0 Å². The van der Waals surface area contributed by atoms with Crippen molar-refractivity contribution in [1.82, 2.24) is 0 Å². The third-order valence-electron chi connectivity index (χ3n) is 4.09. The van der Waals surface area contributed by atoms with Crippen molar-refractivity contribution in [2.45, 2.75) is 25.7 Å². The van der Waals surface area contributed by atoms with Gasteiger partial charge in [-0.1, -0.05) is 49.4 Å². The normalized spacial score (nSPS) is 17.9. The number of para-hydroxylation sites is 2. The topological polar surface area (TPSA) is 29.3 Å². The number of anilines is 2. The molecular weight excluding hydrogens is 256 g/mol. The molecule has 3 rings (SSSR count). The molecule has 0 radical (unpaired) electrons. The van der Waals surface area contributed by atoms with Crippen LogP contribution in [-0.2, 0) is 0 Å². The van der Waals surface area contributed by atoms with Crippen LogP contribution in [0.3, 0.4) is 0 Å². The van der Waals surface area contributed by atoms with Gasteiger partial charge in [-0.2, -0.15) is 0 Å². The molecule has 0 saturated heterocycles. The summed E-state index contributed by atoms with van der Waals surface area (Å²) in [6.45, 7) is 3.13. The summed E-state index contributed by atoms with van der Waals surface area (Å²) in [4.78, 5) is 2.40. The lowest BCUT2D eigenvalue weighted by Gasteiger charge is -2.20. The van der Waals surface area contributed by atoms with Gasteiger partial charge in [0.25, 0.3) is 0 Å². The van der Waals surface area contributed by atoms with Crippen molar-refractivity contribution in [3.63, 3.8) is 0 Å². The summed E-state index contributed by atoms with van der Waals surface area (Å²) in [6.07, 6.45) is 4.07. The number of rotatable bonds is 4. The Bertz CT molecular complexity index is 631. The Hall–Kier alpha value is -2.22. The van der Waals surface area contributed by atoms with Gasteiger partial charge in [0.1, 0.15) is 0 Å². The summed E-state index contributed by atoms with van der Waals surface area (Å²) in [6, 6.07) is 19.3. The van der Waals surface area contributed by atoms with Crippen LogP contribution in [0.15, 0.2) is 66.4 Å². The van der Waals surface area contributed by atoms with Gasteiger partial charge in [-0.05, 0) is 36.6 Å². The highest BCUT2D eigenvalue weighted by atomic mass is 15.2. The van der Waals surface area contributed by atoms with Crippen molar-refractivity contribution in [1.29, 1.82) is 0 Å². The first kappa shape index (κ1) is 13.7. The van der Waals surface area contributed by atoms with E-state index in [0.717, 1.165) is 25.1 Å². The highest BCUT2D eigenvalue weighted by Gasteiger charge is 2.29. The largest absolute Gasteiger partial charge is 0.402 e. The number of benzene rings is 2. The van der Waals surface area contributed by atoms with Crippen LogP contribution in [0.2, 0.25) is 0 Å². The van der Waals surface area contributed by atoms with Crippen molar-refractivity contribution in [2.24, 2.45) is 5.73 Å². The number of fused-ring (bicyclic) bond motifs is 1. The van der Waals surface area contributed by atoms with E-state index in [4.69, 9.17) is 5.73 Å². The van der Waals surface area contributed by atoms with Crippen molar-refractivity contribution >= 4 is 11.4 Å². The van der Waals surface area contributed by atoms with Crippen LogP contribution in [0.25, 0.3) is 0 Å². The van der Waals surface area contributed by atoms with Crippen molar-refractivity contribution in [2.75, 3.05) is 11.4 Å². The van der Waals surface area contributed by atoms with E-state index in [9.17, 15) is 0 Å². The molecule has 2 aromatic rings. The highest BCUT2D eigenvalue weighted by Crippen LogP contribution is 2.42. The number of hydrogen-bond acceptors (Lipinski definition) is 2. The zero-order chi connectivity index (χ0) is 14.7. The molecule has 108 valence electrons. The predicted molar refractivity (Wildman–Crippen MR) is 89.8 cm³/mol. The summed E-state index contributed by atoms with van der Waals surface area (Å²) < 4.78 is 0. The molecule has 0 bridgehead atoms. The second-order valence-electron chi connectivity index (χ2n) is 5.59. The van der Waals surface area contributed by atoms with E-state index >= 15 is 0 Å². The molecule has 0 aliphatic carbocycles. The first-order chi connectivity index (χ1) is 10.3. The van der Waals surface area contributed by atoms with Crippen molar-refractivity contribution < 1.29 is 0 Å². The fourth-order valence-electron chi connectivity index (χ4n) is 3.15.